The van der Waals surface area contributed by atoms with Crippen LogP contribution in [0.25, 0.3) is 0 Å². The summed E-state index contributed by atoms with van der Waals surface area (Å²) in [5.41, 5.74) is 2.01. The van der Waals surface area contributed by atoms with Crippen molar-refractivity contribution >= 4 is 5.91 Å². The molecule has 1 saturated heterocycles. The van der Waals surface area contributed by atoms with Crippen LogP contribution in [0, 0.1) is 19.8 Å². The number of likely N-dealkylation sites (tertiary alicyclic amines) is 1. The summed E-state index contributed by atoms with van der Waals surface area (Å²) in [5.74, 6) is 0.689. The number of aromatic nitrogens is 2. The van der Waals surface area contributed by atoms with Crippen molar-refractivity contribution < 1.29 is 4.79 Å². The Balaban J connectivity index is 1.40. The largest absolute Gasteiger partial charge is 0.354 e. The van der Waals surface area contributed by atoms with Crippen molar-refractivity contribution in [3.05, 3.63) is 17.5 Å². The predicted octanol–water partition coefficient (Wildman–Crippen LogP) is 2.27. The van der Waals surface area contributed by atoms with E-state index in [0.29, 0.717) is 12.5 Å². The van der Waals surface area contributed by atoms with Crippen LogP contribution < -0.4 is 5.32 Å². The number of aryl methyl sites for hydroxylation is 2. The molecule has 1 N–H and O–H groups in total. The van der Waals surface area contributed by atoms with Gasteiger partial charge in [0.1, 0.15) is 6.54 Å². The zero-order valence-electron chi connectivity index (χ0n) is 14.6. The van der Waals surface area contributed by atoms with E-state index < -0.39 is 0 Å². The number of amides is 1. The highest BCUT2D eigenvalue weighted by atomic mass is 16.2. The summed E-state index contributed by atoms with van der Waals surface area (Å²) in [6.07, 6.45) is 8.16. The fourth-order valence-corrected chi connectivity index (χ4v) is 4.09. The Morgan fingerprint density at radius 3 is 2.74 bits per heavy atom. The second-order valence-corrected chi connectivity index (χ2v) is 7.33. The Kier molecular flexibility index (Phi) is 5.36. The number of nitrogens with one attached hydrogen (secondary N) is 1. The maximum Gasteiger partial charge on any atom is 0.241 e. The second-order valence-electron chi connectivity index (χ2n) is 7.33. The van der Waals surface area contributed by atoms with Gasteiger partial charge < -0.3 is 10.2 Å². The highest BCUT2D eigenvalue weighted by Gasteiger charge is 2.29. The number of nitrogens with zero attached hydrogens (tertiary/aromatic N) is 3. The van der Waals surface area contributed by atoms with Gasteiger partial charge in [-0.1, -0.05) is 19.3 Å². The van der Waals surface area contributed by atoms with Gasteiger partial charge in [-0.3, -0.25) is 9.48 Å². The number of carbonyl (C=O) groups excluding carboxylic acids is 1. The van der Waals surface area contributed by atoms with Gasteiger partial charge in [-0.15, -0.1) is 0 Å². The van der Waals surface area contributed by atoms with Crippen LogP contribution in [0.2, 0.25) is 0 Å². The molecule has 5 heteroatoms. The molecular weight excluding hydrogens is 288 g/mol. The zero-order valence-corrected chi connectivity index (χ0v) is 14.6. The summed E-state index contributed by atoms with van der Waals surface area (Å²) in [6.45, 7) is 7.46. The summed E-state index contributed by atoms with van der Waals surface area (Å²) < 4.78 is 1.79. The molecule has 0 bridgehead atoms. The molecule has 1 aliphatic carbocycles. The SMILES string of the molecule is Cc1cc(C)n(CC(=O)NC[C@@H]2CCN(C3CCCCC3)C2)n1. The van der Waals surface area contributed by atoms with Gasteiger partial charge in [0.15, 0.2) is 0 Å². The van der Waals surface area contributed by atoms with Gasteiger partial charge >= 0.3 is 0 Å². The number of hydrogen-bond donors (Lipinski definition) is 1. The Morgan fingerprint density at radius 2 is 2.04 bits per heavy atom. The van der Waals surface area contributed by atoms with Crippen molar-refractivity contribution in [2.45, 2.75) is 65.0 Å². The van der Waals surface area contributed by atoms with E-state index in [1.165, 1.54) is 45.1 Å². The minimum atomic E-state index is 0.0762. The van der Waals surface area contributed by atoms with Gasteiger partial charge in [-0.25, -0.2) is 0 Å². The molecule has 1 saturated carbocycles. The van der Waals surface area contributed by atoms with Gasteiger partial charge in [0, 0.05) is 24.8 Å². The van der Waals surface area contributed by atoms with Crippen LogP contribution >= 0.6 is 0 Å². The molecule has 1 aromatic rings. The first-order chi connectivity index (χ1) is 11.1. The average Bonchev–Trinajstić information content (AvgIpc) is 3.13. The lowest BCUT2D eigenvalue weighted by Crippen LogP contribution is -2.37. The third kappa shape index (κ3) is 4.34. The lowest BCUT2D eigenvalue weighted by molar-refractivity contribution is -0.122. The molecule has 2 fully saturated rings. The van der Waals surface area contributed by atoms with Gasteiger partial charge in [0.25, 0.3) is 0 Å². The van der Waals surface area contributed by atoms with Crippen molar-refractivity contribution in [2.75, 3.05) is 19.6 Å². The third-order valence-electron chi connectivity index (χ3n) is 5.39. The van der Waals surface area contributed by atoms with E-state index >= 15 is 0 Å². The van der Waals surface area contributed by atoms with E-state index in [2.05, 4.69) is 15.3 Å². The fraction of sp³-hybridized carbons (Fsp3) is 0.778. The van der Waals surface area contributed by atoms with E-state index in [4.69, 9.17) is 0 Å². The lowest BCUT2D eigenvalue weighted by Gasteiger charge is -2.31. The molecule has 1 aromatic heterocycles. The first-order valence-electron chi connectivity index (χ1n) is 9.13. The van der Waals surface area contributed by atoms with E-state index in [-0.39, 0.29) is 5.91 Å². The molecule has 128 valence electrons. The van der Waals surface area contributed by atoms with Crippen LogP contribution in [0.1, 0.15) is 49.9 Å². The molecule has 1 atom stereocenters. The first kappa shape index (κ1) is 16.5. The van der Waals surface area contributed by atoms with Crippen molar-refractivity contribution in [2.24, 2.45) is 5.92 Å². The summed E-state index contributed by atoms with van der Waals surface area (Å²) in [6, 6.07) is 2.81. The lowest BCUT2D eigenvalue weighted by atomic mass is 9.94. The molecule has 5 nitrogen and oxygen atoms in total. The summed E-state index contributed by atoms with van der Waals surface area (Å²) in [7, 11) is 0. The highest BCUT2D eigenvalue weighted by molar-refractivity contribution is 5.75. The van der Waals surface area contributed by atoms with Crippen LogP contribution in [-0.2, 0) is 11.3 Å². The minimum absolute atomic E-state index is 0.0762. The van der Waals surface area contributed by atoms with Crippen molar-refractivity contribution in [1.82, 2.24) is 20.0 Å². The van der Waals surface area contributed by atoms with Crippen molar-refractivity contribution in [3.63, 3.8) is 0 Å². The molecule has 3 rings (SSSR count). The molecule has 2 heterocycles. The first-order valence-corrected chi connectivity index (χ1v) is 9.13. The summed E-state index contributed by atoms with van der Waals surface area (Å²) in [4.78, 5) is 14.8. The molecule has 1 amide bonds. The summed E-state index contributed by atoms with van der Waals surface area (Å²) in [5, 5.41) is 7.46. The maximum absolute atomic E-state index is 12.1. The second kappa shape index (κ2) is 7.47. The van der Waals surface area contributed by atoms with Crippen LogP contribution in [-0.4, -0.2) is 46.3 Å². The monoisotopic (exact) mass is 318 g/mol. The maximum atomic E-state index is 12.1. The standard InChI is InChI=1S/C18H30N4O/c1-14-10-15(2)22(20-14)13-18(23)19-11-16-8-9-21(12-16)17-6-4-3-5-7-17/h10,16-17H,3-9,11-13H2,1-2H3,(H,19,23)/t16-/m0/s1. The predicted molar refractivity (Wildman–Crippen MR) is 91.3 cm³/mol. The minimum Gasteiger partial charge on any atom is -0.354 e. The molecule has 0 unspecified atom stereocenters. The average molecular weight is 318 g/mol. The smallest absolute Gasteiger partial charge is 0.241 e. The van der Waals surface area contributed by atoms with E-state index in [0.717, 1.165) is 30.5 Å². The number of hydrogen-bond acceptors (Lipinski definition) is 3. The molecule has 1 aliphatic heterocycles. The van der Waals surface area contributed by atoms with Gasteiger partial charge in [-0.05, 0) is 51.6 Å². The Bertz CT molecular complexity index is 533. The van der Waals surface area contributed by atoms with Crippen molar-refractivity contribution in [3.8, 4) is 0 Å². The molecule has 0 spiro atoms. The molecule has 2 aliphatic rings. The van der Waals surface area contributed by atoms with Crippen LogP contribution in [0.4, 0.5) is 0 Å². The third-order valence-corrected chi connectivity index (χ3v) is 5.39. The van der Waals surface area contributed by atoms with Gasteiger partial charge in [0.2, 0.25) is 5.91 Å². The van der Waals surface area contributed by atoms with Gasteiger partial charge in [0.05, 0.1) is 5.69 Å². The number of carbonyl (C=O) groups is 1. The van der Waals surface area contributed by atoms with E-state index in [1.807, 2.05) is 19.9 Å². The summed E-state index contributed by atoms with van der Waals surface area (Å²) >= 11 is 0. The topological polar surface area (TPSA) is 50.2 Å². The van der Waals surface area contributed by atoms with E-state index in [1.54, 1.807) is 4.68 Å². The Labute approximate surface area is 139 Å². The zero-order chi connectivity index (χ0) is 16.2. The van der Waals surface area contributed by atoms with Crippen LogP contribution in [0.15, 0.2) is 6.07 Å². The van der Waals surface area contributed by atoms with E-state index in [9.17, 15) is 4.79 Å². The van der Waals surface area contributed by atoms with Gasteiger partial charge in [-0.2, -0.15) is 5.10 Å². The Hall–Kier alpha value is -1.36. The van der Waals surface area contributed by atoms with Crippen molar-refractivity contribution in [1.29, 1.82) is 0 Å². The quantitative estimate of drug-likeness (QED) is 0.906. The normalized spacial score (nSPS) is 23.3. The molecule has 23 heavy (non-hydrogen) atoms. The fourth-order valence-electron chi connectivity index (χ4n) is 4.09. The molecular formula is C18H30N4O. The number of rotatable bonds is 5. The van der Waals surface area contributed by atoms with Crippen LogP contribution in [0.5, 0.6) is 0 Å². The molecule has 0 radical (unpaired) electrons. The molecule has 0 aromatic carbocycles. The Morgan fingerprint density at radius 1 is 1.26 bits per heavy atom. The van der Waals surface area contributed by atoms with Crippen LogP contribution in [0.3, 0.4) is 0 Å². The highest BCUT2D eigenvalue weighted by Crippen LogP contribution is 2.27.